The zero-order valence-corrected chi connectivity index (χ0v) is 17.3. The predicted octanol–water partition coefficient (Wildman–Crippen LogP) is 3.69. The summed E-state index contributed by atoms with van der Waals surface area (Å²) in [6.07, 6.45) is 0. The fraction of sp³-hybridized carbons (Fsp3) is 1.00. The molecule has 0 rings (SSSR count). The molecule has 0 saturated carbocycles. The van der Waals surface area contributed by atoms with Gasteiger partial charge < -0.3 is 15.5 Å². The summed E-state index contributed by atoms with van der Waals surface area (Å²) in [6.45, 7) is 24.8. The highest BCUT2D eigenvalue weighted by molar-refractivity contribution is 4.92. The highest BCUT2D eigenvalue weighted by atomic mass is 15.2. The fourth-order valence-corrected chi connectivity index (χ4v) is 2.29. The van der Waals surface area contributed by atoms with E-state index >= 15 is 0 Å². The Kier molecular flexibility index (Phi) is 7.15. The Bertz CT molecular complexity index is 298. The zero-order valence-electron chi connectivity index (χ0n) is 17.3. The van der Waals surface area contributed by atoms with Gasteiger partial charge in [-0.2, -0.15) is 0 Å². The lowest BCUT2D eigenvalue weighted by Gasteiger charge is -2.43. The molecule has 0 fully saturated rings. The quantitative estimate of drug-likeness (QED) is 0.742. The Labute approximate surface area is 140 Å². The van der Waals surface area contributed by atoms with Gasteiger partial charge in [0, 0.05) is 31.7 Å². The van der Waals surface area contributed by atoms with Crippen molar-refractivity contribution < 1.29 is 0 Å². The van der Waals surface area contributed by atoms with Crippen LogP contribution in [0.15, 0.2) is 0 Å². The van der Waals surface area contributed by atoms with Crippen LogP contribution in [-0.4, -0.2) is 55.6 Å². The van der Waals surface area contributed by atoms with Crippen LogP contribution in [0, 0.1) is 16.2 Å². The normalized spacial score (nSPS) is 15.0. The minimum absolute atomic E-state index is 0.102. The summed E-state index contributed by atoms with van der Waals surface area (Å²) in [6, 6.07) is 0. The molecule has 0 spiro atoms. The molecule has 0 bridgehead atoms. The van der Waals surface area contributed by atoms with Gasteiger partial charge in [0.2, 0.25) is 0 Å². The topological polar surface area (TPSA) is 32.5 Å². The molecule has 0 heterocycles. The molecular formula is C19H43N3. The lowest BCUT2D eigenvalue weighted by atomic mass is 9.69. The summed E-state index contributed by atoms with van der Waals surface area (Å²) in [7, 11) is 4.44. The molecule has 0 aromatic heterocycles. The summed E-state index contributed by atoms with van der Waals surface area (Å²) < 4.78 is 0. The number of nitrogens with two attached hydrogens (primary N) is 1. The van der Waals surface area contributed by atoms with Crippen molar-refractivity contribution in [2.45, 2.75) is 67.9 Å². The Morgan fingerprint density at radius 2 is 0.955 bits per heavy atom. The van der Waals surface area contributed by atoms with Gasteiger partial charge in [0.1, 0.15) is 0 Å². The van der Waals surface area contributed by atoms with Gasteiger partial charge in [-0.25, -0.2) is 0 Å². The van der Waals surface area contributed by atoms with Crippen LogP contribution < -0.4 is 5.73 Å². The van der Waals surface area contributed by atoms with Crippen LogP contribution in [0.2, 0.25) is 0 Å². The second-order valence-electron chi connectivity index (χ2n) is 10.2. The van der Waals surface area contributed by atoms with Crippen LogP contribution in [-0.2, 0) is 0 Å². The first kappa shape index (κ1) is 21.9. The Morgan fingerprint density at radius 1 is 0.636 bits per heavy atom. The lowest BCUT2D eigenvalue weighted by Crippen LogP contribution is -2.53. The van der Waals surface area contributed by atoms with E-state index in [4.69, 9.17) is 5.73 Å². The van der Waals surface area contributed by atoms with Gasteiger partial charge in [0.25, 0.3) is 0 Å². The number of hydrogen-bond acceptors (Lipinski definition) is 3. The molecule has 134 valence electrons. The van der Waals surface area contributed by atoms with Gasteiger partial charge >= 0.3 is 0 Å². The standard InChI is InChI=1S/C19H43N3/c1-16(2,3)17(4,5)14-21(10)12-13-22(11)15-18(6,7)19(8,9)20/h12-15,20H2,1-11H3. The zero-order chi connectivity index (χ0) is 18.0. The largest absolute Gasteiger partial charge is 0.325 e. The second-order valence-corrected chi connectivity index (χ2v) is 10.2. The first-order chi connectivity index (χ1) is 9.49. The molecule has 0 aliphatic carbocycles. The molecule has 3 nitrogen and oxygen atoms in total. The number of rotatable bonds is 8. The monoisotopic (exact) mass is 313 g/mol. The SMILES string of the molecule is CN(CCN(C)CC(C)(C)C(C)(C)N)CC(C)(C)C(C)(C)C. The molecule has 0 atom stereocenters. The lowest BCUT2D eigenvalue weighted by molar-refractivity contribution is 0.0722. The average Bonchev–Trinajstić information content (AvgIpc) is 2.21. The van der Waals surface area contributed by atoms with Crippen LogP contribution in [0.4, 0.5) is 0 Å². The van der Waals surface area contributed by atoms with E-state index in [1.807, 2.05) is 0 Å². The summed E-state index contributed by atoms with van der Waals surface area (Å²) in [5.74, 6) is 0. The van der Waals surface area contributed by atoms with Gasteiger partial charge in [0.15, 0.2) is 0 Å². The molecule has 0 saturated heterocycles. The van der Waals surface area contributed by atoms with E-state index in [0.717, 1.165) is 26.2 Å². The first-order valence-corrected chi connectivity index (χ1v) is 8.66. The van der Waals surface area contributed by atoms with E-state index < -0.39 is 0 Å². The fourth-order valence-electron chi connectivity index (χ4n) is 2.29. The highest BCUT2D eigenvalue weighted by Crippen LogP contribution is 2.38. The average molecular weight is 314 g/mol. The van der Waals surface area contributed by atoms with Gasteiger partial charge in [-0.3, -0.25) is 0 Å². The molecular weight excluding hydrogens is 270 g/mol. The van der Waals surface area contributed by atoms with Gasteiger partial charge in [-0.1, -0.05) is 48.5 Å². The van der Waals surface area contributed by atoms with Crippen LogP contribution in [0.25, 0.3) is 0 Å². The molecule has 2 N–H and O–H groups in total. The summed E-state index contributed by atoms with van der Waals surface area (Å²) in [4.78, 5) is 4.87. The van der Waals surface area contributed by atoms with Crippen molar-refractivity contribution in [2.75, 3.05) is 40.3 Å². The van der Waals surface area contributed by atoms with E-state index in [0.29, 0.717) is 10.8 Å². The van der Waals surface area contributed by atoms with Crippen LogP contribution in [0.3, 0.4) is 0 Å². The molecule has 0 amide bonds. The van der Waals surface area contributed by atoms with Gasteiger partial charge in [-0.05, 0) is 44.2 Å². The maximum absolute atomic E-state index is 6.31. The number of likely N-dealkylation sites (N-methyl/N-ethyl adjacent to an activating group) is 2. The molecule has 0 aliphatic rings. The van der Waals surface area contributed by atoms with Crippen molar-refractivity contribution in [2.24, 2.45) is 22.0 Å². The number of hydrogen-bond donors (Lipinski definition) is 1. The van der Waals surface area contributed by atoms with Crippen LogP contribution >= 0.6 is 0 Å². The smallest absolute Gasteiger partial charge is 0.0161 e. The maximum atomic E-state index is 6.31. The second kappa shape index (κ2) is 7.19. The van der Waals surface area contributed by atoms with Crippen molar-refractivity contribution in [3.05, 3.63) is 0 Å². The first-order valence-electron chi connectivity index (χ1n) is 8.66. The highest BCUT2D eigenvalue weighted by Gasteiger charge is 2.35. The van der Waals surface area contributed by atoms with Crippen LogP contribution in [0.1, 0.15) is 62.3 Å². The summed E-state index contributed by atoms with van der Waals surface area (Å²) in [5.41, 5.74) is 6.87. The van der Waals surface area contributed by atoms with E-state index in [1.165, 1.54) is 0 Å². The Hall–Kier alpha value is -0.120. The molecule has 0 unspecified atom stereocenters. The predicted molar refractivity (Wildman–Crippen MR) is 100 cm³/mol. The molecule has 22 heavy (non-hydrogen) atoms. The van der Waals surface area contributed by atoms with E-state index in [2.05, 4.69) is 86.2 Å². The van der Waals surface area contributed by atoms with E-state index in [-0.39, 0.29) is 11.0 Å². The number of nitrogens with zero attached hydrogens (tertiary/aromatic N) is 2. The van der Waals surface area contributed by atoms with E-state index in [1.54, 1.807) is 0 Å². The third-order valence-electron chi connectivity index (χ3n) is 5.97. The molecule has 3 heteroatoms. The minimum atomic E-state index is -0.165. The molecule has 0 aromatic rings. The Morgan fingerprint density at radius 3 is 1.23 bits per heavy atom. The maximum Gasteiger partial charge on any atom is 0.0161 e. The third-order valence-corrected chi connectivity index (χ3v) is 5.97. The van der Waals surface area contributed by atoms with Crippen molar-refractivity contribution in [3.8, 4) is 0 Å². The van der Waals surface area contributed by atoms with Gasteiger partial charge in [-0.15, -0.1) is 0 Å². The molecule has 0 aliphatic heterocycles. The van der Waals surface area contributed by atoms with E-state index in [9.17, 15) is 0 Å². The summed E-state index contributed by atoms with van der Waals surface area (Å²) >= 11 is 0. The summed E-state index contributed by atoms with van der Waals surface area (Å²) in [5, 5.41) is 0. The minimum Gasteiger partial charge on any atom is -0.325 e. The molecule has 0 radical (unpaired) electrons. The van der Waals surface area contributed by atoms with Crippen molar-refractivity contribution in [1.82, 2.24) is 9.80 Å². The van der Waals surface area contributed by atoms with Crippen molar-refractivity contribution >= 4 is 0 Å². The van der Waals surface area contributed by atoms with Gasteiger partial charge in [0.05, 0.1) is 0 Å². The van der Waals surface area contributed by atoms with Crippen LogP contribution in [0.5, 0.6) is 0 Å². The van der Waals surface area contributed by atoms with Crippen molar-refractivity contribution in [3.63, 3.8) is 0 Å². The Balaban J connectivity index is 4.40. The van der Waals surface area contributed by atoms with Crippen molar-refractivity contribution in [1.29, 1.82) is 0 Å². The molecule has 0 aromatic carbocycles. The third kappa shape index (κ3) is 6.55.